The van der Waals surface area contributed by atoms with E-state index in [-0.39, 0.29) is 11.6 Å². The molecule has 1 amide bonds. The number of anilines is 1. The van der Waals surface area contributed by atoms with Gasteiger partial charge >= 0.3 is 0 Å². The van der Waals surface area contributed by atoms with Crippen LogP contribution in [0.1, 0.15) is 10.4 Å². The monoisotopic (exact) mass is 446 g/mol. The predicted molar refractivity (Wildman–Crippen MR) is 131 cm³/mol. The smallest absolute Gasteiger partial charge is 0.269 e. The van der Waals surface area contributed by atoms with Crippen LogP contribution in [-0.4, -0.2) is 20.8 Å². The Labute approximate surface area is 194 Å². The minimum Gasteiger partial charge on any atom is -0.322 e. The van der Waals surface area contributed by atoms with Crippen LogP contribution < -0.4 is 5.32 Å². The Bertz CT molecular complexity index is 1500. The summed E-state index contributed by atoms with van der Waals surface area (Å²) in [5.74, 6) is -0.342. The summed E-state index contributed by atoms with van der Waals surface area (Å²) in [6, 6.07) is 30.5. The van der Waals surface area contributed by atoms with Crippen molar-refractivity contribution in [2.24, 2.45) is 0 Å². The van der Waals surface area contributed by atoms with Crippen molar-refractivity contribution in [3.63, 3.8) is 0 Å². The van der Waals surface area contributed by atoms with Crippen molar-refractivity contribution >= 4 is 28.3 Å². The van der Waals surface area contributed by atoms with Crippen LogP contribution in [0.3, 0.4) is 0 Å². The summed E-state index contributed by atoms with van der Waals surface area (Å²) in [5.41, 5.74) is 5.47. The van der Waals surface area contributed by atoms with Crippen molar-refractivity contribution in [3.05, 3.63) is 119 Å². The van der Waals surface area contributed by atoms with Crippen molar-refractivity contribution in [3.8, 4) is 22.5 Å². The summed E-state index contributed by atoms with van der Waals surface area (Å²) in [4.78, 5) is 32.9. The average molecular weight is 446 g/mol. The molecule has 0 aliphatic heterocycles. The molecule has 4 aromatic carbocycles. The number of benzene rings is 4. The van der Waals surface area contributed by atoms with Gasteiger partial charge in [0.1, 0.15) is 0 Å². The highest BCUT2D eigenvalue weighted by molar-refractivity contribution is 6.06. The lowest BCUT2D eigenvalue weighted by Gasteiger charge is -2.11. The molecule has 0 bridgehead atoms. The van der Waals surface area contributed by atoms with E-state index in [4.69, 9.17) is 9.97 Å². The third-order valence-electron chi connectivity index (χ3n) is 5.36. The molecule has 0 aliphatic rings. The molecule has 0 unspecified atom stereocenters. The van der Waals surface area contributed by atoms with Gasteiger partial charge in [-0.3, -0.25) is 14.9 Å². The van der Waals surface area contributed by atoms with Crippen LogP contribution in [0.2, 0.25) is 0 Å². The highest BCUT2D eigenvalue weighted by Crippen LogP contribution is 2.31. The Morgan fingerprint density at radius 1 is 0.706 bits per heavy atom. The molecule has 1 N–H and O–H groups in total. The van der Waals surface area contributed by atoms with Gasteiger partial charge in [0, 0.05) is 34.5 Å². The van der Waals surface area contributed by atoms with E-state index in [1.807, 2.05) is 60.7 Å². The first-order chi connectivity index (χ1) is 16.6. The molecule has 0 spiro atoms. The van der Waals surface area contributed by atoms with Crippen LogP contribution in [-0.2, 0) is 0 Å². The Balaban J connectivity index is 1.54. The summed E-state index contributed by atoms with van der Waals surface area (Å²) in [6.07, 6.45) is 0. The zero-order chi connectivity index (χ0) is 23.5. The number of hydrogen-bond acceptors (Lipinski definition) is 5. The van der Waals surface area contributed by atoms with Crippen LogP contribution in [0.15, 0.2) is 103 Å². The van der Waals surface area contributed by atoms with Crippen molar-refractivity contribution in [2.75, 3.05) is 5.32 Å². The lowest BCUT2D eigenvalue weighted by atomic mass is 10.0. The minimum atomic E-state index is -0.484. The van der Waals surface area contributed by atoms with Crippen LogP contribution in [0.4, 0.5) is 11.4 Å². The number of amides is 1. The number of nitro benzene ring substituents is 1. The van der Waals surface area contributed by atoms with Gasteiger partial charge in [-0.05, 0) is 30.3 Å². The van der Waals surface area contributed by atoms with E-state index in [0.29, 0.717) is 22.3 Å². The Morgan fingerprint density at radius 3 is 1.82 bits per heavy atom. The molecule has 5 rings (SSSR count). The van der Waals surface area contributed by atoms with E-state index < -0.39 is 4.92 Å². The lowest BCUT2D eigenvalue weighted by Crippen LogP contribution is -2.12. The molecule has 34 heavy (non-hydrogen) atoms. The van der Waals surface area contributed by atoms with Gasteiger partial charge < -0.3 is 5.32 Å². The minimum absolute atomic E-state index is 0.0401. The maximum Gasteiger partial charge on any atom is 0.269 e. The Morgan fingerprint density at radius 2 is 1.26 bits per heavy atom. The summed E-state index contributed by atoms with van der Waals surface area (Å²) in [6.45, 7) is 0. The summed E-state index contributed by atoms with van der Waals surface area (Å²) >= 11 is 0. The first kappa shape index (κ1) is 21.0. The van der Waals surface area contributed by atoms with E-state index in [0.717, 1.165) is 22.5 Å². The molecule has 0 fully saturated rings. The second-order valence-corrected chi connectivity index (χ2v) is 7.61. The normalized spacial score (nSPS) is 10.7. The molecule has 164 valence electrons. The zero-order valence-corrected chi connectivity index (χ0v) is 17.9. The van der Waals surface area contributed by atoms with Crippen molar-refractivity contribution < 1.29 is 9.72 Å². The number of rotatable bonds is 5. The summed E-state index contributed by atoms with van der Waals surface area (Å²) in [5, 5.41) is 13.6. The maximum absolute atomic E-state index is 12.8. The third-order valence-corrected chi connectivity index (χ3v) is 5.36. The second kappa shape index (κ2) is 8.91. The van der Waals surface area contributed by atoms with Gasteiger partial charge in [0.2, 0.25) is 0 Å². The third kappa shape index (κ3) is 4.22. The molecular weight excluding hydrogens is 428 g/mol. The number of carbonyl (C=O) groups is 1. The first-order valence-electron chi connectivity index (χ1n) is 10.6. The van der Waals surface area contributed by atoms with E-state index in [9.17, 15) is 14.9 Å². The van der Waals surface area contributed by atoms with Crippen LogP contribution in [0.5, 0.6) is 0 Å². The van der Waals surface area contributed by atoms with Crippen molar-refractivity contribution in [1.82, 2.24) is 9.97 Å². The topological polar surface area (TPSA) is 98.0 Å². The Hall–Kier alpha value is -4.91. The number of nitro groups is 1. The number of fused-ring (bicyclic) bond motifs is 1. The number of non-ortho nitro benzene ring substituents is 1. The van der Waals surface area contributed by atoms with Gasteiger partial charge in [-0.1, -0.05) is 60.7 Å². The average Bonchev–Trinajstić information content (AvgIpc) is 2.89. The van der Waals surface area contributed by atoms with E-state index in [2.05, 4.69) is 5.32 Å². The number of carbonyl (C=O) groups excluding carboxylic acids is 1. The van der Waals surface area contributed by atoms with Crippen molar-refractivity contribution in [2.45, 2.75) is 0 Å². The molecule has 7 nitrogen and oxygen atoms in total. The summed E-state index contributed by atoms with van der Waals surface area (Å²) in [7, 11) is 0. The molecular formula is C27H18N4O3. The highest BCUT2D eigenvalue weighted by Gasteiger charge is 2.15. The van der Waals surface area contributed by atoms with E-state index >= 15 is 0 Å². The molecule has 7 heteroatoms. The van der Waals surface area contributed by atoms with Crippen LogP contribution in [0, 0.1) is 10.1 Å². The van der Waals surface area contributed by atoms with E-state index in [1.165, 1.54) is 24.3 Å². The summed E-state index contributed by atoms with van der Waals surface area (Å²) < 4.78 is 0. The first-order valence-corrected chi connectivity index (χ1v) is 10.6. The Kier molecular flexibility index (Phi) is 5.50. The number of aromatic nitrogens is 2. The van der Waals surface area contributed by atoms with Gasteiger partial charge in [0.25, 0.3) is 11.6 Å². The number of hydrogen-bond donors (Lipinski definition) is 1. The van der Waals surface area contributed by atoms with Gasteiger partial charge in [-0.15, -0.1) is 0 Å². The van der Waals surface area contributed by atoms with Crippen LogP contribution in [0.25, 0.3) is 33.5 Å². The largest absolute Gasteiger partial charge is 0.322 e. The van der Waals surface area contributed by atoms with Crippen molar-refractivity contribution in [1.29, 1.82) is 0 Å². The van der Waals surface area contributed by atoms with Gasteiger partial charge in [0.05, 0.1) is 27.3 Å². The maximum atomic E-state index is 12.8. The highest BCUT2D eigenvalue weighted by atomic mass is 16.6. The fourth-order valence-electron chi connectivity index (χ4n) is 3.66. The fraction of sp³-hybridized carbons (Fsp3) is 0. The molecule has 0 saturated heterocycles. The van der Waals surface area contributed by atoms with Gasteiger partial charge in [-0.2, -0.15) is 0 Å². The molecule has 1 aromatic heterocycles. The molecule has 0 saturated carbocycles. The standard InChI is InChI=1S/C27H18N4O3/c32-27(28-21-12-14-22(15-13-21)31(33)34)20-11-16-23-24(17-20)30-26(19-9-5-2-6-10-19)25(29-23)18-7-3-1-4-8-18/h1-17H,(H,28,32). The molecule has 0 atom stereocenters. The number of nitrogens with one attached hydrogen (secondary N) is 1. The van der Waals surface area contributed by atoms with Crippen LogP contribution >= 0.6 is 0 Å². The molecule has 0 aliphatic carbocycles. The molecule has 5 aromatic rings. The van der Waals surface area contributed by atoms with Gasteiger partial charge in [-0.25, -0.2) is 9.97 Å². The van der Waals surface area contributed by atoms with Gasteiger partial charge in [0.15, 0.2) is 0 Å². The van der Waals surface area contributed by atoms with E-state index in [1.54, 1.807) is 18.2 Å². The quantitative estimate of drug-likeness (QED) is 0.259. The number of nitrogens with zero attached hydrogens (tertiary/aromatic N) is 3. The predicted octanol–water partition coefficient (Wildman–Crippen LogP) is 6.12. The molecule has 1 heterocycles. The zero-order valence-electron chi connectivity index (χ0n) is 17.9. The molecule has 0 radical (unpaired) electrons. The second-order valence-electron chi connectivity index (χ2n) is 7.61. The SMILES string of the molecule is O=C(Nc1ccc([N+](=O)[O-])cc1)c1ccc2nc(-c3ccccc3)c(-c3ccccc3)nc2c1. The lowest BCUT2D eigenvalue weighted by molar-refractivity contribution is -0.384. The fourth-order valence-corrected chi connectivity index (χ4v) is 3.66.